The van der Waals surface area contributed by atoms with E-state index in [-0.39, 0.29) is 39.0 Å². The van der Waals surface area contributed by atoms with Gasteiger partial charge >= 0.3 is 0 Å². The molecule has 0 saturated heterocycles. The van der Waals surface area contributed by atoms with Crippen LogP contribution in [0.5, 0.6) is 0 Å². The first-order valence-corrected chi connectivity index (χ1v) is 16.2. The van der Waals surface area contributed by atoms with Crippen LogP contribution in [0.25, 0.3) is 11.5 Å². The summed E-state index contributed by atoms with van der Waals surface area (Å²) in [6, 6.07) is 11.5. The number of nitrogens with two attached hydrogens (primary N) is 1. The first kappa shape index (κ1) is 31.9. The number of sulfonamides is 1. The van der Waals surface area contributed by atoms with Crippen LogP contribution >= 0.6 is 11.6 Å². The van der Waals surface area contributed by atoms with Gasteiger partial charge in [-0.05, 0) is 57.1 Å². The van der Waals surface area contributed by atoms with Crippen LogP contribution in [0.1, 0.15) is 43.2 Å². The molecule has 3 aromatic heterocycles. The van der Waals surface area contributed by atoms with E-state index in [2.05, 4.69) is 27.2 Å². The second-order valence-corrected chi connectivity index (χ2v) is 14.0. The highest BCUT2D eigenvalue weighted by Crippen LogP contribution is 2.42. The van der Waals surface area contributed by atoms with Crippen molar-refractivity contribution >= 4 is 33.3 Å². The summed E-state index contributed by atoms with van der Waals surface area (Å²) < 4.78 is 45.4. The number of anilines is 2. The molecule has 0 spiro atoms. The molecule has 0 aliphatic heterocycles. The van der Waals surface area contributed by atoms with Crippen molar-refractivity contribution < 1.29 is 22.1 Å². The highest BCUT2D eigenvalue weighted by atomic mass is 35.5. The van der Waals surface area contributed by atoms with Crippen LogP contribution in [-0.4, -0.2) is 62.6 Å². The van der Waals surface area contributed by atoms with Gasteiger partial charge in [0.25, 0.3) is 10.0 Å². The third-order valence-corrected chi connectivity index (χ3v) is 10.4. The van der Waals surface area contributed by atoms with Gasteiger partial charge < -0.3 is 24.3 Å². The van der Waals surface area contributed by atoms with E-state index < -0.39 is 15.6 Å². The summed E-state index contributed by atoms with van der Waals surface area (Å²) in [6.07, 6.45) is 1.56. The zero-order chi connectivity index (χ0) is 31.8. The predicted molar refractivity (Wildman–Crippen MR) is 167 cm³/mol. The van der Waals surface area contributed by atoms with E-state index in [1.807, 2.05) is 37.3 Å². The molecule has 3 atom stereocenters. The lowest BCUT2D eigenvalue weighted by Gasteiger charge is -2.27. The van der Waals surface area contributed by atoms with Crippen LogP contribution in [0.3, 0.4) is 0 Å². The number of halogens is 1. The quantitative estimate of drug-likeness (QED) is 0.215. The predicted octanol–water partition coefficient (Wildman–Crippen LogP) is 4.74. The highest BCUT2D eigenvalue weighted by Gasteiger charge is 2.37. The normalized spacial score (nSPS) is 17.8. The molecule has 1 saturated carbocycles. The molecule has 236 valence electrons. The van der Waals surface area contributed by atoms with Crippen LogP contribution in [0.4, 0.5) is 11.6 Å². The number of hydrogen-bond acceptors (Lipinski definition) is 11. The minimum Gasteiger partial charge on any atom is -0.419 e. The molecule has 1 aliphatic rings. The average Bonchev–Trinajstić information content (AvgIpc) is 3.31. The standard InChI is InChI=1S/C30H38ClN7O5S/c1-18-14-22(18)17-38(12-13-41-6)24-15-23(28-34-35-29(42-28)30(4,32)16-21-10-8-7-9-11-21)25(31)27(33-24)37(5)44(39,40)26-19(2)36-43-20(26)3/h7-11,15,18,22H,12-14,16-17,32H2,1-6H3/t18?,22?,30-/m1/s1. The number of pyridine rings is 1. The molecule has 3 heterocycles. The summed E-state index contributed by atoms with van der Waals surface area (Å²) in [5, 5.41) is 12.4. The Morgan fingerprint density at radius 3 is 2.52 bits per heavy atom. The molecule has 1 aliphatic carbocycles. The van der Waals surface area contributed by atoms with E-state index >= 15 is 0 Å². The summed E-state index contributed by atoms with van der Waals surface area (Å²) in [7, 11) is -1.14. The number of rotatable bonds is 13. The van der Waals surface area contributed by atoms with Crippen molar-refractivity contribution in [2.45, 2.75) is 51.0 Å². The Morgan fingerprint density at radius 2 is 1.91 bits per heavy atom. The second kappa shape index (κ2) is 12.5. The Labute approximate surface area is 262 Å². The third kappa shape index (κ3) is 6.46. The van der Waals surface area contributed by atoms with Gasteiger partial charge in [0.15, 0.2) is 16.5 Å². The number of aryl methyl sites for hydroxylation is 2. The number of ether oxygens (including phenoxy) is 1. The fraction of sp³-hybridized carbons (Fsp3) is 0.467. The molecular formula is C30H38ClN7O5S. The van der Waals surface area contributed by atoms with Gasteiger partial charge in [-0.1, -0.05) is 54.0 Å². The van der Waals surface area contributed by atoms with E-state index in [1.54, 1.807) is 27.0 Å². The lowest BCUT2D eigenvalue weighted by atomic mass is 9.94. The molecule has 0 amide bonds. The third-order valence-electron chi connectivity index (χ3n) is 7.99. The molecular weight excluding hydrogens is 606 g/mol. The summed E-state index contributed by atoms with van der Waals surface area (Å²) in [4.78, 5) is 6.80. The molecule has 14 heteroatoms. The van der Waals surface area contributed by atoms with E-state index in [0.29, 0.717) is 49.3 Å². The van der Waals surface area contributed by atoms with Crippen LogP contribution in [0.2, 0.25) is 5.02 Å². The number of methoxy groups -OCH3 is 1. The highest BCUT2D eigenvalue weighted by molar-refractivity contribution is 7.92. The molecule has 2 N–H and O–H groups in total. The Bertz CT molecular complexity index is 1710. The molecule has 0 radical (unpaired) electrons. The molecule has 44 heavy (non-hydrogen) atoms. The monoisotopic (exact) mass is 643 g/mol. The minimum atomic E-state index is -4.16. The maximum Gasteiger partial charge on any atom is 0.270 e. The SMILES string of the molecule is COCCN(CC1CC1C)c1cc(-c2nnc([C@](C)(N)Cc3ccccc3)o2)c(Cl)c(N(C)S(=O)(=O)c2c(C)noc2C)n1. The summed E-state index contributed by atoms with van der Waals surface area (Å²) in [5.74, 6) is 2.01. The first-order valence-electron chi connectivity index (χ1n) is 14.4. The topological polar surface area (TPSA) is 154 Å². The molecule has 0 bridgehead atoms. The van der Waals surface area contributed by atoms with Gasteiger partial charge in [0.1, 0.15) is 11.5 Å². The number of nitrogens with zero attached hydrogens (tertiary/aromatic N) is 6. The van der Waals surface area contributed by atoms with Gasteiger partial charge in [-0.25, -0.2) is 13.4 Å². The average molecular weight is 644 g/mol. The second-order valence-electron chi connectivity index (χ2n) is 11.7. The molecule has 1 aromatic carbocycles. The van der Waals surface area contributed by atoms with Gasteiger partial charge in [0, 0.05) is 27.2 Å². The number of hydrogen-bond donors (Lipinski definition) is 1. The smallest absolute Gasteiger partial charge is 0.270 e. The summed E-state index contributed by atoms with van der Waals surface area (Å²) >= 11 is 6.95. The zero-order valence-electron chi connectivity index (χ0n) is 25.7. The Hall–Kier alpha value is -3.52. The zero-order valence-corrected chi connectivity index (χ0v) is 27.3. The molecule has 1 fully saturated rings. The fourth-order valence-corrected chi connectivity index (χ4v) is 7.02. The van der Waals surface area contributed by atoms with Crippen molar-refractivity contribution in [1.29, 1.82) is 0 Å². The summed E-state index contributed by atoms with van der Waals surface area (Å²) in [6.45, 7) is 8.81. The van der Waals surface area contributed by atoms with E-state index in [9.17, 15) is 8.42 Å². The van der Waals surface area contributed by atoms with Gasteiger partial charge in [0.05, 0.1) is 22.7 Å². The van der Waals surface area contributed by atoms with E-state index in [0.717, 1.165) is 16.3 Å². The molecule has 4 aromatic rings. The summed E-state index contributed by atoms with van der Waals surface area (Å²) in [5.41, 5.74) is 7.25. The van der Waals surface area contributed by atoms with E-state index in [4.69, 9.17) is 36.0 Å². The van der Waals surface area contributed by atoms with Crippen molar-refractivity contribution in [3.63, 3.8) is 0 Å². The number of benzene rings is 1. The van der Waals surface area contributed by atoms with Crippen LogP contribution in [0, 0.1) is 25.7 Å². The van der Waals surface area contributed by atoms with Crippen molar-refractivity contribution in [1.82, 2.24) is 20.3 Å². The fourth-order valence-electron chi connectivity index (χ4n) is 5.22. The lowest BCUT2D eigenvalue weighted by molar-refractivity contribution is 0.204. The lowest BCUT2D eigenvalue weighted by Crippen LogP contribution is -2.35. The maximum absolute atomic E-state index is 13.9. The maximum atomic E-state index is 13.9. The Kier molecular flexibility index (Phi) is 9.04. The van der Waals surface area contributed by atoms with Gasteiger partial charge in [-0.2, -0.15) is 0 Å². The van der Waals surface area contributed by atoms with E-state index in [1.165, 1.54) is 7.05 Å². The molecule has 2 unspecified atom stereocenters. The van der Waals surface area contributed by atoms with Gasteiger partial charge in [-0.3, -0.25) is 4.31 Å². The van der Waals surface area contributed by atoms with Crippen LogP contribution in [-0.2, 0) is 26.7 Å². The molecule has 12 nitrogen and oxygen atoms in total. The van der Waals surface area contributed by atoms with Gasteiger partial charge in [0.2, 0.25) is 11.8 Å². The first-order chi connectivity index (χ1) is 20.8. The Morgan fingerprint density at radius 1 is 1.20 bits per heavy atom. The van der Waals surface area contributed by atoms with Crippen molar-refractivity contribution in [2.75, 3.05) is 43.1 Å². The molecule has 5 rings (SSSR count). The number of aromatic nitrogens is 4. The largest absolute Gasteiger partial charge is 0.419 e. The van der Waals surface area contributed by atoms with Crippen molar-refractivity contribution in [3.8, 4) is 11.5 Å². The van der Waals surface area contributed by atoms with Crippen molar-refractivity contribution in [3.05, 3.63) is 64.3 Å². The van der Waals surface area contributed by atoms with Crippen molar-refractivity contribution in [2.24, 2.45) is 17.6 Å². The van der Waals surface area contributed by atoms with Crippen LogP contribution < -0.4 is 14.9 Å². The van der Waals surface area contributed by atoms with Crippen LogP contribution in [0.15, 0.2) is 50.2 Å². The van der Waals surface area contributed by atoms with Gasteiger partial charge in [-0.15, -0.1) is 10.2 Å². The Balaban J connectivity index is 1.60. The minimum absolute atomic E-state index is 0.00928.